The molecule has 25 heavy (non-hydrogen) atoms. The number of carbonyl (C=O) groups excluding carboxylic acids is 1. The van der Waals surface area contributed by atoms with Gasteiger partial charge in [0.05, 0.1) is 0 Å². The molecule has 7 heteroatoms. The maximum Gasteiger partial charge on any atom is 0.274 e. The van der Waals surface area contributed by atoms with Crippen LogP contribution in [0.1, 0.15) is 47.2 Å². The molecule has 0 bridgehead atoms. The summed E-state index contributed by atoms with van der Waals surface area (Å²) in [5.74, 6) is 2.55. The maximum atomic E-state index is 12.6. The second kappa shape index (κ2) is 6.46. The van der Waals surface area contributed by atoms with Crippen LogP contribution in [0.2, 0.25) is 0 Å². The fourth-order valence-electron chi connectivity index (χ4n) is 3.30. The largest absolute Gasteiger partial charge is 0.355 e. The normalized spacial score (nSPS) is 18.3. The molecule has 132 valence electrons. The predicted octanol–water partition coefficient (Wildman–Crippen LogP) is 1.75. The number of anilines is 1. The summed E-state index contributed by atoms with van der Waals surface area (Å²) < 4.78 is 1.67. The van der Waals surface area contributed by atoms with E-state index >= 15 is 0 Å². The van der Waals surface area contributed by atoms with Crippen LogP contribution >= 0.6 is 0 Å². The van der Waals surface area contributed by atoms with E-state index in [0.717, 1.165) is 43.4 Å². The molecule has 0 radical (unpaired) electrons. The Labute approximate surface area is 147 Å². The van der Waals surface area contributed by atoms with Crippen LogP contribution < -0.4 is 4.90 Å². The van der Waals surface area contributed by atoms with Gasteiger partial charge in [-0.3, -0.25) is 9.48 Å². The molecule has 1 amide bonds. The fourth-order valence-corrected chi connectivity index (χ4v) is 3.30. The number of hydrogen-bond acceptors (Lipinski definition) is 5. The molecule has 2 aromatic rings. The molecular formula is C18H24N6O. The van der Waals surface area contributed by atoms with Crippen molar-refractivity contribution < 1.29 is 4.79 Å². The van der Waals surface area contributed by atoms with Crippen LogP contribution in [0.5, 0.6) is 0 Å². The first-order valence-electron chi connectivity index (χ1n) is 8.99. The van der Waals surface area contributed by atoms with Crippen LogP contribution in [-0.2, 0) is 7.05 Å². The predicted molar refractivity (Wildman–Crippen MR) is 94.7 cm³/mol. The van der Waals surface area contributed by atoms with E-state index in [4.69, 9.17) is 4.98 Å². The number of hydrogen-bond donors (Lipinski definition) is 0. The second-order valence-corrected chi connectivity index (χ2v) is 7.01. The third-order valence-corrected chi connectivity index (χ3v) is 4.84. The summed E-state index contributed by atoms with van der Waals surface area (Å²) in [7, 11) is 1.83. The van der Waals surface area contributed by atoms with Crippen molar-refractivity contribution in [2.24, 2.45) is 7.05 Å². The van der Waals surface area contributed by atoms with E-state index in [1.54, 1.807) is 16.9 Å². The minimum atomic E-state index is 0.0139. The van der Waals surface area contributed by atoms with Gasteiger partial charge in [0, 0.05) is 57.1 Å². The Balaban J connectivity index is 1.47. The first-order valence-corrected chi connectivity index (χ1v) is 8.99. The summed E-state index contributed by atoms with van der Waals surface area (Å²) in [4.78, 5) is 26.2. The first kappa shape index (κ1) is 16.1. The van der Waals surface area contributed by atoms with Crippen LogP contribution in [0.25, 0.3) is 0 Å². The van der Waals surface area contributed by atoms with E-state index in [-0.39, 0.29) is 5.91 Å². The molecule has 2 aliphatic rings. The van der Waals surface area contributed by atoms with Gasteiger partial charge in [0.15, 0.2) is 0 Å². The minimum Gasteiger partial charge on any atom is -0.355 e. The number of rotatable bonds is 3. The standard InChI is InChI=1S/C18H24N6O/c1-13-12-16(20-17(19-13)14-4-5-14)23-7-3-8-24(11-10-23)18(25)15-6-9-22(2)21-15/h6,9,12,14H,3-5,7-8,10-11H2,1-2H3. The number of carbonyl (C=O) groups is 1. The Kier molecular flexibility index (Phi) is 4.15. The van der Waals surface area contributed by atoms with E-state index in [0.29, 0.717) is 18.2 Å². The van der Waals surface area contributed by atoms with Gasteiger partial charge < -0.3 is 9.80 Å². The minimum absolute atomic E-state index is 0.0139. The lowest BCUT2D eigenvalue weighted by molar-refractivity contribution is 0.0760. The zero-order valence-electron chi connectivity index (χ0n) is 14.9. The topological polar surface area (TPSA) is 67.2 Å². The van der Waals surface area contributed by atoms with Crippen molar-refractivity contribution in [1.29, 1.82) is 0 Å². The van der Waals surface area contributed by atoms with Crippen LogP contribution in [0.3, 0.4) is 0 Å². The molecule has 1 saturated carbocycles. The number of aromatic nitrogens is 4. The molecule has 0 aromatic carbocycles. The smallest absolute Gasteiger partial charge is 0.274 e. The Morgan fingerprint density at radius 2 is 2.00 bits per heavy atom. The van der Waals surface area contributed by atoms with Gasteiger partial charge in [0.2, 0.25) is 0 Å². The molecule has 4 rings (SSSR count). The summed E-state index contributed by atoms with van der Waals surface area (Å²) in [5, 5.41) is 4.23. The van der Waals surface area contributed by atoms with E-state index in [2.05, 4.69) is 21.0 Å². The summed E-state index contributed by atoms with van der Waals surface area (Å²) in [6.45, 7) is 5.18. The second-order valence-electron chi connectivity index (χ2n) is 7.01. The van der Waals surface area contributed by atoms with Crippen LogP contribution in [0.4, 0.5) is 5.82 Å². The molecule has 1 aliphatic carbocycles. The van der Waals surface area contributed by atoms with Crippen molar-refractivity contribution in [3.8, 4) is 0 Å². The van der Waals surface area contributed by atoms with E-state index in [9.17, 15) is 4.79 Å². The average molecular weight is 340 g/mol. The van der Waals surface area contributed by atoms with Gasteiger partial charge in [-0.15, -0.1) is 0 Å². The number of amides is 1. The van der Waals surface area contributed by atoms with E-state index in [1.165, 1.54) is 12.8 Å². The third-order valence-electron chi connectivity index (χ3n) is 4.84. The number of nitrogens with zero attached hydrogens (tertiary/aromatic N) is 6. The molecule has 2 fully saturated rings. The summed E-state index contributed by atoms with van der Waals surface area (Å²) in [5.41, 5.74) is 1.54. The highest BCUT2D eigenvalue weighted by molar-refractivity contribution is 5.92. The van der Waals surface area contributed by atoms with Gasteiger partial charge in [-0.2, -0.15) is 5.10 Å². The SMILES string of the molecule is Cc1cc(N2CCCN(C(=O)c3ccn(C)n3)CC2)nc(C2CC2)n1. The van der Waals surface area contributed by atoms with Gasteiger partial charge in [0.1, 0.15) is 17.3 Å². The van der Waals surface area contributed by atoms with Crippen molar-refractivity contribution in [3.05, 3.63) is 35.5 Å². The summed E-state index contributed by atoms with van der Waals surface area (Å²) in [6.07, 6.45) is 5.14. The molecule has 1 aliphatic heterocycles. The number of aryl methyl sites for hydroxylation is 2. The average Bonchev–Trinajstić information content (AvgIpc) is 3.39. The van der Waals surface area contributed by atoms with Gasteiger partial charge >= 0.3 is 0 Å². The molecule has 0 N–H and O–H groups in total. The fraction of sp³-hybridized carbons (Fsp3) is 0.556. The summed E-state index contributed by atoms with van der Waals surface area (Å²) >= 11 is 0. The zero-order chi connectivity index (χ0) is 17.4. The van der Waals surface area contributed by atoms with Crippen molar-refractivity contribution in [2.45, 2.75) is 32.1 Å². The third kappa shape index (κ3) is 3.50. The molecule has 1 saturated heterocycles. The van der Waals surface area contributed by atoms with Crippen LogP contribution in [0, 0.1) is 6.92 Å². The first-order chi connectivity index (χ1) is 12.1. The Bertz CT molecular complexity index is 782. The van der Waals surface area contributed by atoms with Crippen LogP contribution in [-0.4, -0.2) is 56.7 Å². The van der Waals surface area contributed by atoms with Crippen molar-refractivity contribution in [1.82, 2.24) is 24.6 Å². The maximum absolute atomic E-state index is 12.6. The van der Waals surface area contributed by atoms with E-state index in [1.807, 2.05) is 18.9 Å². The molecule has 0 atom stereocenters. The Morgan fingerprint density at radius 3 is 2.72 bits per heavy atom. The van der Waals surface area contributed by atoms with Gasteiger partial charge in [-0.05, 0) is 32.3 Å². The van der Waals surface area contributed by atoms with Crippen molar-refractivity contribution >= 4 is 11.7 Å². The highest BCUT2D eigenvalue weighted by Crippen LogP contribution is 2.38. The molecule has 7 nitrogen and oxygen atoms in total. The monoisotopic (exact) mass is 340 g/mol. The summed E-state index contributed by atoms with van der Waals surface area (Å²) in [6, 6.07) is 3.84. The quantitative estimate of drug-likeness (QED) is 0.851. The van der Waals surface area contributed by atoms with E-state index < -0.39 is 0 Å². The molecule has 0 unspecified atom stereocenters. The molecule has 2 aromatic heterocycles. The Hall–Kier alpha value is -2.44. The lowest BCUT2D eigenvalue weighted by atomic mass is 10.3. The van der Waals surface area contributed by atoms with Crippen molar-refractivity contribution in [2.75, 3.05) is 31.1 Å². The van der Waals surface area contributed by atoms with Crippen molar-refractivity contribution in [3.63, 3.8) is 0 Å². The van der Waals surface area contributed by atoms with Gasteiger partial charge in [0.25, 0.3) is 5.91 Å². The van der Waals surface area contributed by atoms with Gasteiger partial charge in [-0.25, -0.2) is 9.97 Å². The molecule has 3 heterocycles. The zero-order valence-corrected chi connectivity index (χ0v) is 14.9. The highest BCUT2D eigenvalue weighted by Gasteiger charge is 2.28. The Morgan fingerprint density at radius 1 is 1.16 bits per heavy atom. The van der Waals surface area contributed by atoms with Gasteiger partial charge in [-0.1, -0.05) is 0 Å². The highest BCUT2D eigenvalue weighted by atomic mass is 16.2. The lowest BCUT2D eigenvalue weighted by Gasteiger charge is -2.23. The molecule has 0 spiro atoms. The lowest BCUT2D eigenvalue weighted by Crippen LogP contribution is -2.35. The van der Waals surface area contributed by atoms with Crippen LogP contribution in [0.15, 0.2) is 18.3 Å². The molecular weight excluding hydrogens is 316 g/mol.